The number of anilines is 1. The van der Waals surface area contributed by atoms with Crippen LogP contribution in [0.1, 0.15) is 101 Å². The first-order valence-electron chi connectivity index (χ1n) is 21.2. The standard InChI is InChI=1S/C45H54FN3O11/c1-24-21-47(39-32(46)19-29-38(41(39)59-4)49(26-9-10-26)22-30(40(29)55)42(56)57)16-17-48(24)35(53)6-5-7-36(54)60-23-34(52)45(58)15-13-31-28-11-8-25-18-27(50)12-14-43(25,2)37(28)33(51)20-44(31,45)3/h12,14,18-19,22,24,26,28,31,33,37,51,58H,5-11,13,15-17,20-21,23H2,1-4H3,(H,56,57)/t24?,28?,31?,33-,37?,43-,44-,45-/m0/s1. The highest BCUT2D eigenvalue weighted by molar-refractivity contribution is 6.01. The summed E-state index contributed by atoms with van der Waals surface area (Å²) in [6.45, 7) is 5.88. The summed E-state index contributed by atoms with van der Waals surface area (Å²) < 4.78 is 28.7. The largest absolute Gasteiger partial charge is 0.492 e. The minimum atomic E-state index is -1.78. The number of piperazine rings is 1. The number of aliphatic hydroxyl groups is 2. The van der Waals surface area contributed by atoms with Crippen LogP contribution in [0.2, 0.25) is 0 Å². The number of fused-ring (bicyclic) bond motifs is 6. The highest BCUT2D eigenvalue weighted by Crippen LogP contribution is 2.67. The molecule has 5 aliphatic carbocycles. The van der Waals surface area contributed by atoms with Gasteiger partial charge < -0.3 is 39.2 Å². The number of nitrogens with zero attached hydrogens (tertiary/aromatic N) is 3. The monoisotopic (exact) mass is 831 g/mol. The summed E-state index contributed by atoms with van der Waals surface area (Å²) >= 11 is 0. The normalized spacial score (nSPS) is 32.2. The molecule has 1 aromatic carbocycles. The maximum atomic E-state index is 15.9. The number of carboxylic acids is 1. The van der Waals surface area contributed by atoms with Gasteiger partial charge in [0, 0.05) is 67.5 Å². The van der Waals surface area contributed by atoms with Gasteiger partial charge in [0.05, 0.1) is 24.1 Å². The molecule has 5 fully saturated rings. The van der Waals surface area contributed by atoms with E-state index in [0.29, 0.717) is 18.4 Å². The van der Waals surface area contributed by atoms with Crippen LogP contribution in [0.3, 0.4) is 0 Å². The number of allylic oxidation sites excluding steroid dienone is 4. The fourth-order valence-electron chi connectivity index (χ4n) is 11.9. The number of methoxy groups -OCH3 is 1. The van der Waals surface area contributed by atoms with Crippen molar-refractivity contribution in [3.63, 3.8) is 0 Å². The van der Waals surface area contributed by atoms with Gasteiger partial charge in [-0.05, 0) is 88.3 Å². The van der Waals surface area contributed by atoms with E-state index >= 15 is 4.39 Å². The number of aromatic carboxylic acids is 1. The van der Waals surface area contributed by atoms with E-state index in [1.54, 1.807) is 26.5 Å². The Bertz CT molecular complexity index is 2300. The molecule has 6 aliphatic rings. The third-order valence-electron chi connectivity index (χ3n) is 15.1. The molecule has 60 heavy (non-hydrogen) atoms. The molecule has 4 unspecified atom stereocenters. The van der Waals surface area contributed by atoms with E-state index in [2.05, 4.69) is 6.92 Å². The van der Waals surface area contributed by atoms with Gasteiger partial charge in [-0.15, -0.1) is 0 Å². The number of rotatable bonds is 11. The highest BCUT2D eigenvalue weighted by Gasteiger charge is 2.68. The summed E-state index contributed by atoms with van der Waals surface area (Å²) in [6, 6.07) is 0.663. The summed E-state index contributed by atoms with van der Waals surface area (Å²) in [4.78, 5) is 80.5. The number of carbonyl (C=O) groups excluding carboxylic acids is 4. The summed E-state index contributed by atoms with van der Waals surface area (Å²) in [5, 5.41) is 33.2. The van der Waals surface area contributed by atoms with Crippen LogP contribution in [0.25, 0.3) is 10.9 Å². The van der Waals surface area contributed by atoms with Crippen molar-refractivity contribution >= 4 is 46.0 Å². The molecule has 2 heterocycles. The Kier molecular flexibility index (Phi) is 10.6. The lowest BCUT2D eigenvalue weighted by Crippen LogP contribution is -2.61. The molecule has 1 aromatic heterocycles. The number of aliphatic hydroxyl groups excluding tert-OH is 1. The Labute approximate surface area is 347 Å². The second kappa shape index (κ2) is 15.2. The molecule has 1 amide bonds. The van der Waals surface area contributed by atoms with Crippen LogP contribution in [0, 0.1) is 34.4 Å². The number of Topliss-reactive ketones (excluding diaryl/α,β-unsaturated/α-hetero) is 1. The maximum Gasteiger partial charge on any atom is 0.341 e. The number of hydrogen-bond donors (Lipinski definition) is 3. The number of ketones is 2. The highest BCUT2D eigenvalue weighted by atomic mass is 19.1. The molecule has 0 radical (unpaired) electrons. The molecule has 322 valence electrons. The number of hydrogen-bond acceptors (Lipinski definition) is 11. The molecule has 2 aromatic rings. The van der Waals surface area contributed by atoms with Gasteiger partial charge in [0.2, 0.25) is 17.1 Å². The number of amides is 1. The molecular weight excluding hydrogens is 778 g/mol. The van der Waals surface area contributed by atoms with Gasteiger partial charge in [-0.2, -0.15) is 0 Å². The molecule has 1 aliphatic heterocycles. The van der Waals surface area contributed by atoms with E-state index < -0.39 is 63.7 Å². The smallest absolute Gasteiger partial charge is 0.341 e. The lowest BCUT2D eigenvalue weighted by atomic mass is 9.46. The average molecular weight is 832 g/mol. The third kappa shape index (κ3) is 6.66. The third-order valence-corrected chi connectivity index (χ3v) is 15.1. The van der Waals surface area contributed by atoms with Crippen molar-refractivity contribution in [1.82, 2.24) is 9.47 Å². The molecule has 8 rings (SSSR count). The Morgan fingerprint density at radius 3 is 2.48 bits per heavy atom. The summed E-state index contributed by atoms with van der Waals surface area (Å²) in [6.07, 6.45) is 9.75. The zero-order valence-corrected chi connectivity index (χ0v) is 34.6. The second-order valence-electron chi connectivity index (χ2n) is 18.4. The number of aromatic nitrogens is 1. The van der Waals surface area contributed by atoms with Gasteiger partial charge in [-0.3, -0.25) is 24.0 Å². The number of pyridine rings is 1. The predicted octanol–water partition coefficient (Wildman–Crippen LogP) is 4.51. The van der Waals surface area contributed by atoms with Crippen LogP contribution in [0.4, 0.5) is 10.1 Å². The van der Waals surface area contributed by atoms with E-state index in [1.165, 1.54) is 13.3 Å². The van der Waals surface area contributed by atoms with Gasteiger partial charge in [-0.25, -0.2) is 9.18 Å². The first-order chi connectivity index (χ1) is 28.4. The van der Waals surface area contributed by atoms with Crippen molar-refractivity contribution < 1.29 is 53.2 Å². The van der Waals surface area contributed by atoms with E-state index in [4.69, 9.17) is 9.47 Å². The van der Waals surface area contributed by atoms with Crippen LogP contribution in [-0.4, -0.2) is 105 Å². The minimum absolute atomic E-state index is 0.0317. The Balaban J connectivity index is 0.854. The van der Waals surface area contributed by atoms with Crippen molar-refractivity contribution in [2.24, 2.45) is 28.6 Å². The number of carbonyl (C=O) groups is 5. The number of esters is 1. The first-order valence-corrected chi connectivity index (χ1v) is 21.2. The van der Waals surface area contributed by atoms with Crippen molar-refractivity contribution in [3.05, 3.63) is 57.7 Å². The lowest BCUT2D eigenvalue weighted by molar-refractivity contribution is -0.181. The van der Waals surface area contributed by atoms with Crippen LogP contribution < -0.4 is 15.1 Å². The lowest BCUT2D eigenvalue weighted by Gasteiger charge is -2.59. The van der Waals surface area contributed by atoms with E-state index in [-0.39, 0.29) is 110 Å². The van der Waals surface area contributed by atoms with Crippen LogP contribution in [-0.2, 0) is 23.9 Å². The fraction of sp³-hybridized carbons (Fsp3) is 0.600. The maximum absolute atomic E-state index is 15.9. The zero-order valence-electron chi connectivity index (χ0n) is 34.6. The summed E-state index contributed by atoms with van der Waals surface area (Å²) in [5.41, 5.74) is -2.94. The Morgan fingerprint density at radius 1 is 1.05 bits per heavy atom. The Morgan fingerprint density at radius 2 is 1.80 bits per heavy atom. The minimum Gasteiger partial charge on any atom is -0.492 e. The zero-order chi connectivity index (χ0) is 43.1. The SMILES string of the molecule is COc1c(N2CCN(C(=O)CCCC(=O)OCC(=O)[C@@]3(O)CCC4C5CCC6=CC(=O)C=C[C@]6(C)C5[C@@H](O)C[C@@]43C)C(C)C2)c(F)cc2c(=O)c(C(=O)O)cn(C3CC3)c12. The summed E-state index contributed by atoms with van der Waals surface area (Å²) in [7, 11) is 1.38. The van der Waals surface area contributed by atoms with E-state index in [9.17, 15) is 44.1 Å². The molecule has 1 saturated heterocycles. The molecule has 0 spiro atoms. The van der Waals surface area contributed by atoms with Crippen molar-refractivity contribution in [2.75, 3.05) is 38.3 Å². The van der Waals surface area contributed by atoms with Crippen molar-refractivity contribution in [1.29, 1.82) is 0 Å². The molecule has 4 saturated carbocycles. The number of benzene rings is 1. The van der Waals surface area contributed by atoms with Crippen LogP contribution >= 0.6 is 0 Å². The van der Waals surface area contributed by atoms with Gasteiger partial charge in [0.1, 0.15) is 16.9 Å². The molecule has 8 atom stereocenters. The van der Waals surface area contributed by atoms with Crippen molar-refractivity contribution in [3.8, 4) is 5.75 Å². The first kappa shape index (κ1) is 41.8. The molecule has 14 nitrogen and oxygen atoms in total. The van der Waals surface area contributed by atoms with Gasteiger partial charge in [0.15, 0.2) is 24.0 Å². The van der Waals surface area contributed by atoms with E-state index in [1.807, 2.05) is 19.9 Å². The fourth-order valence-corrected chi connectivity index (χ4v) is 11.9. The van der Waals surface area contributed by atoms with Gasteiger partial charge in [0.25, 0.3) is 0 Å². The van der Waals surface area contributed by atoms with Gasteiger partial charge >= 0.3 is 11.9 Å². The number of ether oxygens (including phenoxy) is 2. The topological polar surface area (TPSA) is 193 Å². The molecule has 3 N–H and O–H groups in total. The number of carboxylic acid groups (broad SMARTS) is 1. The average Bonchev–Trinajstić information content (AvgIpc) is 4.01. The molecular formula is C45H54FN3O11. The predicted molar refractivity (Wildman–Crippen MR) is 216 cm³/mol. The summed E-state index contributed by atoms with van der Waals surface area (Å²) in [5.74, 6) is -3.67. The van der Waals surface area contributed by atoms with Crippen LogP contribution in [0.5, 0.6) is 5.75 Å². The number of halogens is 1. The Hall–Kier alpha value is -4.89. The van der Waals surface area contributed by atoms with Crippen molar-refractivity contribution in [2.45, 2.75) is 109 Å². The van der Waals surface area contributed by atoms with Crippen LogP contribution in [0.15, 0.2) is 40.9 Å². The second-order valence-corrected chi connectivity index (χ2v) is 18.4. The molecule has 15 heteroatoms. The molecule has 0 bridgehead atoms. The van der Waals surface area contributed by atoms with E-state index in [0.717, 1.165) is 30.9 Å². The van der Waals surface area contributed by atoms with Gasteiger partial charge in [-0.1, -0.05) is 25.5 Å². The quantitative estimate of drug-likeness (QED) is 0.269.